The van der Waals surface area contributed by atoms with E-state index >= 15 is 0 Å². The molecule has 0 aromatic heterocycles. The molecule has 0 bridgehead atoms. The first-order chi connectivity index (χ1) is 8.30. The summed E-state index contributed by atoms with van der Waals surface area (Å²) in [5.41, 5.74) is 0. The number of aliphatic hydroxyl groups excluding tert-OH is 1. The molecule has 18 heavy (non-hydrogen) atoms. The van der Waals surface area contributed by atoms with Gasteiger partial charge in [0.1, 0.15) is 5.82 Å². The molecule has 0 saturated heterocycles. The lowest BCUT2D eigenvalue weighted by Crippen LogP contribution is -2.39. The Labute approximate surface area is 115 Å². The molecule has 102 valence electrons. The second-order valence-corrected chi connectivity index (χ2v) is 6.72. The van der Waals surface area contributed by atoms with Crippen LogP contribution >= 0.6 is 15.9 Å². The minimum Gasteiger partial charge on any atom is -0.395 e. The van der Waals surface area contributed by atoms with Crippen LogP contribution in [0.1, 0.15) is 13.8 Å². The van der Waals surface area contributed by atoms with Crippen LogP contribution in [0.2, 0.25) is 0 Å². The SMILES string of the molecule is CC(C)N(CCO)S(=O)(=O)c1ccc(F)cc1Br. The molecule has 1 rings (SSSR count). The number of benzene rings is 1. The molecular formula is C11H15BrFNO3S. The second-order valence-electron chi connectivity index (χ2n) is 4.01. The highest BCUT2D eigenvalue weighted by Gasteiger charge is 2.28. The number of sulfonamides is 1. The zero-order valence-electron chi connectivity index (χ0n) is 10.1. The molecule has 0 aliphatic rings. The standard InChI is InChI=1S/C11H15BrFNO3S/c1-8(2)14(5-6-15)18(16,17)11-4-3-9(13)7-10(11)12/h3-4,7-8,15H,5-6H2,1-2H3. The minimum atomic E-state index is -3.75. The quantitative estimate of drug-likeness (QED) is 0.892. The Morgan fingerprint density at radius 3 is 2.50 bits per heavy atom. The maximum atomic E-state index is 13.0. The minimum absolute atomic E-state index is 0.00379. The molecule has 1 N–H and O–H groups in total. The van der Waals surface area contributed by atoms with Gasteiger partial charge in [0.15, 0.2) is 0 Å². The Morgan fingerprint density at radius 1 is 1.44 bits per heavy atom. The average Bonchev–Trinajstić information content (AvgIpc) is 2.24. The highest BCUT2D eigenvalue weighted by Crippen LogP contribution is 2.26. The molecule has 1 aromatic carbocycles. The number of rotatable bonds is 5. The molecule has 0 spiro atoms. The van der Waals surface area contributed by atoms with E-state index in [2.05, 4.69) is 15.9 Å². The van der Waals surface area contributed by atoms with Crippen LogP contribution in [0.25, 0.3) is 0 Å². The third-order valence-corrected chi connectivity index (χ3v) is 5.43. The van der Waals surface area contributed by atoms with Gasteiger partial charge in [-0.1, -0.05) is 0 Å². The summed E-state index contributed by atoms with van der Waals surface area (Å²) in [5, 5.41) is 8.93. The van der Waals surface area contributed by atoms with E-state index < -0.39 is 15.8 Å². The summed E-state index contributed by atoms with van der Waals surface area (Å²) in [7, 11) is -3.75. The van der Waals surface area contributed by atoms with E-state index in [1.807, 2.05) is 0 Å². The first kappa shape index (κ1) is 15.6. The molecule has 0 amide bonds. The first-order valence-corrected chi connectivity index (χ1v) is 7.61. The van der Waals surface area contributed by atoms with E-state index in [1.54, 1.807) is 13.8 Å². The van der Waals surface area contributed by atoms with Gasteiger partial charge in [0.05, 0.1) is 11.5 Å². The summed E-state index contributed by atoms with van der Waals surface area (Å²) in [6.45, 7) is 3.16. The summed E-state index contributed by atoms with van der Waals surface area (Å²) in [6.07, 6.45) is 0. The zero-order chi connectivity index (χ0) is 13.9. The zero-order valence-corrected chi connectivity index (χ0v) is 12.5. The monoisotopic (exact) mass is 339 g/mol. The summed E-state index contributed by atoms with van der Waals surface area (Å²) in [6, 6.07) is 3.11. The van der Waals surface area contributed by atoms with Crippen molar-refractivity contribution in [1.82, 2.24) is 4.31 Å². The van der Waals surface area contributed by atoms with Gasteiger partial charge in [0, 0.05) is 17.1 Å². The van der Waals surface area contributed by atoms with Crippen molar-refractivity contribution in [3.63, 3.8) is 0 Å². The topological polar surface area (TPSA) is 57.6 Å². The van der Waals surface area contributed by atoms with E-state index in [0.717, 1.165) is 12.1 Å². The predicted octanol–water partition coefficient (Wildman–Crippen LogP) is 1.98. The van der Waals surface area contributed by atoms with Gasteiger partial charge in [0.25, 0.3) is 0 Å². The fourth-order valence-electron chi connectivity index (χ4n) is 1.57. The first-order valence-electron chi connectivity index (χ1n) is 5.38. The number of nitrogens with zero attached hydrogens (tertiary/aromatic N) is 1. The molecule has 4 nitrogen and oxygen atoms in total. The van der Waals surface area contributed by atoms with Crippen LogP contribution in [0.15, 0.2) is 27.6 Å². The molecular weight excluding hydrogens is 325 g/mol. The largest absolute Gasteiger partial charge is 0.395 e. The number of halogens is 2. The average molecular weight is 340 g/mol. The molecule has 0 saturated carbocycles. The van der Waals surface area contributed by atoms with Crippen LogP contribution < -0.4 is 0 Å². The predicted molar refractivity (Wildman–Crippen MR) is 70.2 cm³/mol. The normalized spacial score (nSPS) is 12.4. The molecule has 0 atom stereocenters. The van der Waals surface area contributed by atoms with Crippen LogP contribution in [0.3, 0.4) is 0 Å². The van der Waals surface area contributed by atoms with Gasteiger partial charge in [-0.3, -0.25) is 0 Å². The van der Waals surface area contributed by atoms with Gasteiger partial charge < -0.3 is 5.11 Å². The van der Waals surface area contributed by atoms with Crippen LogP contribution in [0.4, 0.5) is 4.39 Å². The van der Waals surface area contributed by atoms with Crippen molar-refractivity contribution in [1.29, 1.82) is 0 Å². The molecule has 1 aromatic rings. The highest BCUT2D eigenvalue weighted by atomic mass is 79.9. The maximum absolute atomic E-state index is 13.0. The van der Waals surface area contributed by atoms with E-state index in [1.165, 1.54) is 10.4 Å². The molecule has 0 radical (unpaired) electrons. The Balaban J connectivity index is 3.26. The van der Waals surface area contributed by atoms with E-state index in [4.69, 9.17) is 5.11 Å². The summed E-state index contributed by atoms with van der Waals surface area (Å²) < 4.78 is 39.0. The van der Waals surface area contributed by atoms with Gasteiger partial charge in [0.2, 0.25) is 10.0 Å². The van der Waals surface area contributed by atoms with E-state index in [9.17, 15) is 12.8 Å². The summed E-state index contributed by atoms with van der Waals surface area (Å²) in [5.74, 6) is -0.515. The van der Waals surface area contributed by atoms with Gasteiger partial charge in [-0.25, -0.2) is 12.8 Å². The lowest BCUT2D eigenvalue weighted by atomic mass is 10.3. The summed E-state index contributed by atoms with van der Waals surface area (Å²) in [4.78, 5) is -0.00829. The number of hydrogen-bond donors (Lipinski definition) is 1. The van der Waals surface area contributed by atoms with Crippen LogP contribution in [0, 0.1) is 5.82 Å². The smallest absolute Gasteiger partial charge is 0.244 e. The van der Waals surface area contributed by atoms with E-state index in [-0.39, 0.29) is 28.6 Å². The maximum Gasteiger partial charge on any atom is 0.244 e. The lowest BCUT2D eigenvalue weighted by Gasteiger charge is -2.25. The van der Waals surface area contributed by atoms with E-state index in [0.29, 0.717) is 0 Å². The molecule has 0 heterocycles. The van der Waals surface area contributed by atoms with Crippen LogP contribution in [-0.4, -0.2) is 37.0 Å². The Kier molecular flexibility index (Phi) is 5.27. The third-order valence-electron chi connectivity index (χ3n) is 2.38. The fourth-order valence-corrected chi connectivity index (χ4v) is 4.20. The summed E-state index contributed by atoms with van der Waals surface area (Å²) >= 11 is 3.04. The molecule has 0 fully saturated rings. The van der Waals surface area contributed by atoms with Gasteiger partial charge >= 0.3 is 0 Å². The van der Waals surface area contributed by atoms with Crippen molar-refractivity contribution >= 4 is 26.0 Å². The molecule has 0 aliphatic heterocycles. The molecule has 0 aliphatic carbocycles. The third kappa shape index (κ3) is 3.28. The Bertz CT molecular complexity index is 519. The van der Waals surface area contributed by atoms with Crippen molar-refractivity contribution in [2.75, 3.05) is 13.2 Å². The fraction of sp³-hybridized carbons (Fsp3) is 0.455. The van der Waals surface area contributed by atoms with Crippen molar-refractivity contribution in [2.24, 2.45) is 0 Å². The van der Waals surface area contributed by atoms with Crippen molar-refractivity contribution in [3.05, 3.63) is 28.5 Å². The second kappa shape index (κ2) is 6.10. The lowest BCUT2D eigenvalue weighted by molar-refractivity contribution is 0.236. The highest BCUT2D eigenvalue weighted by molar-refractivity contribution is 9.10. The van der Waals surface area contributed by atoms with Crippen molar-refractivity contribution < 1.29 is 17.9 Å². The van der Waals surface area contributed by atoms with Crippen molar-refractivity contribution in [3.8, 4) is 0 Å². The number of aliphatic hydroxyl groups is 1. The van der Waals surface area contributed by atoms with Gasteiger partial charge in [-0.05, 0) is 48.0 Å². The Hall–Kier alpha value is -0.500. The van der Waals surface area contributed by atoms with Crippen LogP contribution in [0.5, 0.6) is 0 Å². The van der Waals surface area contributed by atoms with Crippen LogP contribution in [-0.2, 0) is 10.0 Å². The van der Waals surface area contributed by atoms with Gasteiger partial charge in [-0.15, -0.1) is 0 Å². The Morgan fingerprint density at radius 2 is 2.06 bits per heavy atom. The van der Waals surface area contributed by atoms with Gasteiger partial charge in [-0.2, -0.15) is 4.31 Å². The molecule has 0 unspecified atom stereocenters. The molecule has 7 heteroatoms. The number of hydrogen-bond acceptors (Lipinski definition) is 3. The van der Waals surface area contributed by atoms with Crippen molar-refractivity contribution in [2.45, 2.75) is 24.8 Å².